The molecule has 0 atom stereocenters. The molecule has 2 rings (SSSR count). The first-order chi connectivity index (χ1) is 9.77. The molecule has 0 bridgehead atoms. The van der Waals surface area contributed by atoms with Crippen molar-refractivity contribution in [3.8, 4) is 0 Å². The molecule has 2 aromatic rings. The van der Waals surface area contributed by atoms with E-state index >= 15 is 0 Å². The van der Waals surface area contributed by atoms with Crippen LogP contribution in [0.15, 0.2) is 55.8 Å². The van der Waals surface area contributed by atoms with E-state index in [1.165, 1.54) is 24.4 Å². The third-order valence-corrected chi connectivity index (χ3v) is 5.04. The Balaban J connectivity index is 2.33. The van der Waals surface area contributed by atoms with Crippen LogP contribution in [-0.4, -0.2) is 24.6 Å². The molecule has 9 heteroatoms. The summed E-state index contributed by atoms with van der Waals surface area (Å²) in [5, 5.41) is 11.2. The summed E-state index contributed by atoms with van der Waals surface area (Å²) in [7, 11) is -3.26. The van der Waals surface area contributed by atoms with Crippen molar-refractivity contribution in [1.29, 1.82) is 0 Å². The van der Waals surface area contributed by atoms with Crippen molar-refractivity contribution in [2.75, 3.05) is 6.26 Å². The highest BCUT2D eigenvalue weighted by Crippen LogP contribution is 2.34. The lowest BCUT2D eigenvalue weighted by molar-refractivity contribution is -0.388. The summed E-state index contributed by atoms with van der Waals surface area (Å²) >= 11 is 4.24. The van der Waals surface area contributed by atoms with Gasteiger partial charge in [0.05, 0.1) is 9.82 Å². The molecule has 0 fully saturated rings. The molecule has 0 aliphatic carbocycles. The van der Waals surface area contributed by atoms with Crippen LogP contribution in [0.4, 0.5) is 5.69 Å². The third kappa shape index (κ3) is 4.02. The Morgan fingerprint density at radius 1 is 1.29 bits per heavy atom. The van der Waals surface area contributed by atoms with Gasteiger partial charge in [-0.05, 0) is 40.2 Å². The van der Waals surface area contributed by atoms with Crippen LogP contribution >= 0.6 is 27.7 Å². The molecule has 0 spiro atoms. The molecule has 6 nitrogen and oxygen atoms in total. The highest BCUT2D eigenvalue weighted by atomic mass is 79.9. The second-order valence-electron chi connectivity index (χ2n) is 4.08. The summed E-state index contributed by atoms with van der Waals surface area (Å²) in [6.45, 7) is 0. The number of aromatic nitrogens is 1. The van der Waals surface area contributed by atoms with Crippen LogP contribution in [0.5, 0.6) is 0 Å². The first kappa shape index (κ1) is 15.9. The van der Waals surface area contributed by atoms with E-state index in [9.17, 15) is 18.5 Å². The van der Waals surface area contributed by atoms with Crippen LogP contribution in [0.1, 0.15) is 0 Å². The predicted molar refractivity (Wildman–Crippen MR) is 82.3 cm³/mol. The average Bonchev–Trinajstić information content (AvgIpc) is 2.40. The molecule has 110 valence electrons. The first-order valence-corrected chi connectivity index (χ1v) is 9.05. The Morgan fingerprint density at radius 2 is 1.90 bits per heavy atom. The Morgan fingerprint density at radius 3 is 2.43 bits per heavy atom. The van der Waals surface area contributed by atoms with E-state index in [1.807, 2.05) is 0 Å². The molecular formula is C12H9BrN2O4S2. The van der Waals surface area contributed by atoms with Crippen molar-refractivity contribution in [2.45, 2.75) is 14.8 Å². The number of nitro groups is 1. The van der Waals surface area contributed by atoms with E-state index in [0.717, 1.165) is 18.0 Å². The maximum Gasteiger partial charge on any atom is 0.302 e. The second-order valence-corrected chi connectivity index (χ2v) is 8.07. The molecule has 0 saturated heterocycles. The zero-order valence-electron chi connectivity index (χ0n) is 10.7. The molecule has 21 heavy (non-hydrogen) atoms. The molecule has 0 N–H and O–H groups in total. The lowest BCUT2D eigenvalue weighted by Crippen LogP contribution is -1.96. The zero-order chi connectivity index (χ0) is 15.6. The number of rotatable bonds is 4. The van der Waals surface area contributed by atoms with Crippen LogP contribution in [0, 0.1) is 10.1 Å². The minimum Gasteiger partial charge on any atom is -0.258 e. The molecule has 0 unspecified atom stereocenters. The van der Waals surface area contributed by atoms with Gasteiger partial charge >= 0.3 is 5.69 Å². The number of nitrogens with zero attached hydrogens (tertiary/aromatic N) is 2. The topological polar surface area (TPSA) is 90.2 Å². The van der Waals surface area contributed by atoms with E-state index in [1.54, 1.807) is 12.1 Å². The largest absolute Gasteiger partial charge is 0.302 e. The number of benzene rings is 1. The molecular weight excluding hydrogens is 380 g/mol. The molecule has 1 aromatic carbocycles. The van der Waals surface area contributed by atoms with Crippen molar-refractivity contribution in [1.82, 2.24) is 4.98 Å². The van der Waals surface area contributed by atoms with Gasteiger partial charge < -0.3 is 0 Å². The zero-order valence-corrected chi connectivity index (χ0v) is 13.9. The van der Waals surface area contributed by atoms with E-state index in [-0.39, 0.29) is 15.6 Å². The standard InChI is InChI=1S/C12H9BrN2O4S2/c1-21(18,19)10-4-2-9(3-5-10)20-12-11(15(16)17)6-8(13)7-14-12/h2-7H,1H3. The number of halogens is 1. The van der Waals surface area contributed by atoms with Crippen molar-refractivity contribution in [2.24, 2.45) is 0 Å². The minimum atomic E-state index is -3.26. The highest BCUT2D eigenvalue weighted by Gasteiger charge is 2.17. The van der Waals surface area contributed by atoms with Gasteiger partial charge in [-0.3, -0.25) is 10.1 Å². The molecule has 0 amide bonds. The van der Waals surface area contributed by atoms with Gasteiger partial charge in [0.15, 0.2) is 14.9 Å². The molecule has 1 aromatic heterocycles. The average molecular weight is 389 g/mol. The summed E-state index contributed by atoms with van der Waals surface area (Å²) < 4.78 is 23.3. The molecule has 0 aliphatic rings. The Hall–Kier alpha value is -1.45. The van der Waals surface area contributed by atoms with Gasteiger partial charge in [-0.1, -0.05) is 11.8 Å². The molecule has 0 aliphatic heterocycles. The van der Waals surface area contributed by atoms with E-state index in [4.69, 9.17) is 0 Å². The lowest BCUT2D eigenvalue weighted by Gasteiger charge is -2.04. The Bertz CT molecular complexity index is 791. The fourth-order valence-corrected chi connectivity index (χ4v) is 3.28. The summed E-state index contributed by atoms with van der Waals surface area (Å²) in [5.74, 6) is 0. The number of pyridine rings is 1. The van der Waals surface area contributed by atoms with E-state index < -0.39 is 14.8 Å². The summed E-state index contributed by atoms with van der Waals surface area (Å²) in [5.41, 5.74) is -0.110. The normalized spacial score (nSPS) is 11.3. The SMILES string of the molecule is CS(=O)(=O)c1ccc(Sc2ncc(Br)cc2[N+](=O)[O-])cc1. The number of sulfone groups is 1. The maximum absolute atomic E-state index is 11.4. The molecule has 0 radical (unpaired) electrons. The van der Waals surface area contributed by atoms with Crippen LogP contribution < -0.4 is 0 Å². The summed E-state index contributed by atoms with van der Waals surface area (Å²) in [6, 6.07) is 7.48. The maximum atomic E-state index is 11.4. The van der Waals surface area contributed by atoms with Gasteiger partial charge in [0, 0.05) is 27.9 Å². The van der Waals surface area contributed by atoms with Crippen LogP contribution in [-0.2, 0) is 9.84 Å². The number of hydrogen-bond acceptors (Lipinski definition) is 6. The smallest absolute Gasteiger partial charge is 0.258 e. The fourth-order valence-electron chi connectivity index (χ4n) is 1.49. The van der Waals surface area contributed by atoms with Crippen molar-refractivity contribution < 1.29 is 13.3 Å². The number of hydrogen-bond donors (Lipinski definition) is 0. The van der Waals surface area contributed by atoms with Gasteiger partial charge in [0.2, 0.25) is 0 Å². The van der Waals surface area contributed by atoms with Crippen molar-refractivity contribution in [3.63, 3.8) is 0 Å². The molecule has 1 heterocycles. The van der Waals surface area contributed by atoms with Gasteiger partial charge in [-0.25, -0.2) is 13.4 Å². The lowest BCUT2D eigenvalue weighted by atomic mass is 10.4. The van der Waals surface area contributed by atoms with Crippen molar-refractivity contribution >= 4 is 43.2 Å². The summed E-state index contributed by atoms with van der Waals surface area (Å²) in [6.07, 6.45) is 2.59. The van der Waals surface area contributed by atoms with Gasteiger partial charge in [0.25, 0.3) is 0 Å². The van der Waals surface area contributed by atoms with Crippen LogP contribution in [0.3, 0.4) is 0 Å². The Kier molecular flexibility index (Phi) is 4.64. The fraction of sp³-hybridized carbons (Fsp3) is 0.0833. The highest BCUT2D eigenvalue weighted by molar-refractivity contribution is 9.10. The van der Waals surface area contributed by atoms with Gasteiger partial charge in [-0.2, -0.15) is 0 Å². The second kappa shape index (κ2) is 6.12. The predicted octanol–water partition coefficient (Wildman–Crippen LogP) is 3.31. The third-order valence-electron chi connectivity index (χ3n) is 2.46. The molecule has 0 saturated carbocycles. The minimum absolute atomic E-state index is 0.110. The van der Waals surface area contributed by atoms with Crippen LogP contribution in [0.25, 0.3) is 0 Å². The Labute approximate surface area is 133 Å². The monoisotopic (exact) mass is 388 g/mol. The van der Waals surface area contributed by atoms with E-state index in [0.29, 0.717) is 9.37 Å². The summed E-state index contributed by atoms with van der Waals surface area (Å²) in [4.78, 5) is 15.4. The van der Waals surface area contributed by atoms with E-state index in [2.05, 4.69) is 20.9 Å². The first-order valence-electron chi connectivity index (χ1n) is 5.55. The van der Waals surface area contributed by atoms with Crippen molar-refractivity contribution in [3.05, 3.63) is 51.1 Å². The van der Waals surface area contributed by atoms with Gasteiger partial charge in [-0.15, -0.1) is 0 Å². The quantitative estimate of drug-likeness (QED) is 0.589. The van der Waals surface area contributed by atoms with Crippen LogP contribution in [0.2, 0.25) is 0 Å². The van der Waals surface area contributed by atoms with Gasteiger partial charge in [0.1, 0.15) is 0 Å².